The van der Waals surface area contributed by atoms with Crippen molar-refractivity contribution in [3.05, 3.63) is 0 Å². The molecule has 0 fully saturated rings. The fraction of sp³-hybridized carbons (Fsp3) is 1.00. The third kappa shape index (κ3) is 18.0. The first-order valence-electron chi connectivity index (χ1n) is 2.05. The fourth-order valence-electron chi connectivity index (χ4n) is 0.224. The summed E-state index contributed by atoms with van der Waals surface area (Å²) >= 11 is 1.58. The quantitative estimate of drug-likeness (QED) is 0.313. The van der Waals surface area contributed by atoms with Crippen molar-refractivity contribution in [1.82, 2.24) is 0 Å². The van der Waals surface area contributed by atoms with Gasteiger partial charge in [0.1, 0.15) is 11.5 Å². The average molecular weight is 147 g/mol. The van der Waals surface area contributed by atoms with Crippen LogP contribution in [0.15, 0.2) is 0 Å². The van der Waals surface area contributed by atoms with Gasteiger partial charge in [0, 0.05) is 51.4 Å². The van der Waals surface area contributed by atoms with E-state index in [-0.39, 0.29) is 56.9 Å². The second-order valence-electron chi connectivity index (χ2n) is 0.856. The summed E-state index contributed by atoms with van der Waals surface area (Å²) < 4.78 is 0. The van der Waals surface area contributed by atoms with E-state index < -0.39 is 0 Å². The summed E-state index contributed by atoms with van der Waals surface area (Å²) in [5, 5.41) is 0. The van der Waals surface area contributed by atoms with E-state index in [1.54, 1.807) is 11.8 Å². The van der Waals surface area contributed by atoms with Crippen LogP contribution in [-0.2, 0) is 11.8 Å². The summed E-state index contributed by atoms with van der Waals surface area (Å²) in [6, 6.07) is 0. The van der Waals surface area contributed by atoms with E-state index in [9.17, 15) is 0 Å². The van der Waals surface area contributed by atoms with Gasteiger partial charge in [-0.2, -0.15) is 0 Å². The van der Waals surface area contributed by atoms with Crippen LogP contribution >= 0.6 is 0 Å². The van der Waals surface area contributed by atoms with E-state index >= 15 is 0 Å². The molecule has 0 amide bonds. The van der Waals surface area contributed by atoms with Crippen molar-refractivity contribution in [2.45, 2.75) is 13.8 Å². The smallest absolute Gasteiger partial charge is 0.103 e. The predicted molar refractivity (Wildman–Crippen MR) is 37.5 cm³/mol. The molecule has 0 aliphatic heterocycles. The molecular weight excluding hydrogens is 135 g/mol. The Hall–Kier alpha value is 1.95. The van der Waals surface area contributed by atoms with Crippen LogP contribution in [0, 0.1) is 0 Å². The summed E-state index contributed by atoms with van der Waals surface area (Å²) in [5.74, 6) is 2.63. The number of rotatable bonds is 2. The number of hydrogen-bond acceptors (Lipinski definition) is 1. The molecule has 1 nitrogen and oxygen atoms in total. The van der Waals surface area contributed by atoms with Gasteiger partial charge in [0.15, 0.2) is 0 Å². The Morgan fingerprint density at radius 2 is 1.43 bits per heavy atom. The Morgan fingerprint density at radius 1 is 1.14 bits per heavy atom. The third-order valence-electron chi connectivity index (χ3n) is 0.447. The van der Waals surface area contributed by atoms with Crippen molar-refractivity contribution in [3.63, 3.8) is 0 Å². The molecule has 0 aromatic heterocycles. The minimum Gasteiger partial charge on any atom is -0.870 e. The minimum atomic E-state index is 0. The molecule has 0 heterocycles. The van der Waals surface area contributed by atoms with Gasteiger partial charge in [-0.1, -0.05) is 0 Å². The van der Waals surface area contributed by atoms with Gasteiger partial charge in [0.25, 0.3) is 0 Å². The van der Waals surface area contributed by atoms with E-state index in [0.29, 0.717) is 0 Å². The van der Waals surface area contributed by atoms with Crippen LogP contribution in [0.3, 0.4) is 0 Å². The Labute approximate surface area is 92.4 Å². The monoisotopic (exact) mass is 147 g/mol. The largest absolute Gasteiger partial charge is 0.870 e. The molecule has 0 spiro atoms. The third-order valence-corrected chi connectivity index (χ3v) is 1.34. The molecule has 0 aliphatic rings. The topological polar surface area (TPSA) is 30.0 Å². The van der Waals surface area contributed by atoms with E-state index in [2.05, 4.69) is 13.8 Å². The van der Waals surface area contributed by atoms with Crippen LogP contribution in [0.4, 0.5) is 0 Å². The number of thiol groups is 1. The normalized spacial score (nSPS) is 6.00. The molecule has 41 valence electrons. The fourth-order valence-corrected chi connectivity index (χ4v) is 0.671. The molecule has 0 saturated heterocycles. The second kappa shape index (κ2) is 15.7. The van der Waals surface area contributed by atoms with Gasteiger partial charge in [-0.3, -0.25) is 0 Å². The van der Waals surface area contributed by atoms with Crippen LogP contribution in [0.25, 0.3) is 0 Å². The van der Waals surface area contributed by atoms with Crippen LogP contribution < -0.4 is 0 Å². The van der Waals surface area contributed by atoms with Crippen molar-refractivity contribution < 1.29 is 5.48 Å². The van der Waals surface area contributed by atoms with Gasteiger partial charge in [-0.25, -0.2) is 0 Å². The van der Waals surface area contributed by atoms with E-state index in [1.165, 1.54) is 11.5 Å². The van der Waals surface area contributed by atoms with Gasteiger partial charge in [-0.15, -0.1) is 0 Å². The molecular formula is C4H12KOS. The maximum Gasteiger partial charge on any atom is 0.103 e. The van der Waals surface area contributed by atoms with Gasteiger partial charge < -0.3 is 5.48 Å². The van der Waals surface area contributed by atoms with Crippen LogP contribution in [0.5, 0.6) is 0 Å². The van der Waals surface area contributed by atoms with Crippen molar-refractivity contribution in [2.24, 2.45) is 0 Å². The maximum absolute atomic E-state index is 2.20. The zero-order chi connectivity index (χ0) is 4.12. The second-order valence-corrected chi connectivity index (χ2v) is 2.57. The van der Waals surface area contributed by atoms with Crippen molar-refractivity contribution in [2.75, 3.05) is 11.5 Å². The molecule has 0 unspecified atom stereocenters. The Balaban J connectivity index is -0.0000000800. The van der Waals surface area contributed by atoms with Crippen molar-refractivity contribution in [3.8, 4) is 0 Å². The summed E-state index contributed by atoms with van der Waals surface area (Å²) in [7, 11) is 0. The van der Waals surface area contributed by atoms with E-state index in [0.717, 1.165) is 0 Å². The molecule has 0 rings (SSSR count). The molecule has 3 heteroatoms. The van der Waals surface area contributed by atoms with Gasteiger partial charge in [-0.05, 0) is 25.6 Å². The Bertz CT molecular complexity index is 19.2. The van der Waals surface area contributed by atoms with E-state index in [4.69, 9.17) is 0 Å². The summed E-state index contributed by atoms with van der Waals surface area (Å²) in [6.07, 6.45) is 0. The predicted octanol–water partition coefficient (Wildman–Crippen LogP) is 0.283. The first kappa shape index (κ1) is 16.0. The first-order valence-corrected chi connectivity index (χ1v) is 3.31. The maximum atomic E-state index is 2.20. The minimum absolute atomic E-state index is 0. The number of hydrogen-bond donors (Lipinski definition) is 0. The molecule has 0 atom stereocenters. The molecule has 0 bridgehead atoms. The Morgan fingerprint density at radius 3 is 1.43 bits per heavy atom. The summed E-state index contributed by atoms with van der Waals surface area (Å²) in [5.41, 5.74) is 0. The molecule has 1 radical (unpaired) electrons. The Kier molecular flexibility index (Phi) is 35.8. The zero-order valence-corrected chi connectivity index (χ0v) is 9.33. The summed E-state index contributed by atoms with van der Waals surface area (Å²) in [4.78, 5) is 0. The molecule has 0 aromatic rings. The standard InChI is InChI=1S/C4H10S.K.H2O/c1-3-5-4-2;;/h3-4H2,1-2H3;;1H2. The van der Waals surface area contributed by atoms with Crippen molar-refractivity contribution in [1.29, 1.82) is 0 Å². The molecule has 0 saturated carbocycles. The average Bonchev–Trinajstić information content (AvgIpc) is 1.41. The van der Waals surface area contributed by atoms with Crippen LogP contribution in [-0.4, -0.2) is 68.4 Å². The zero-order valence-electron chi connectivity index (χ0n) is 5.31. The molecule has 1 N–H and O–H groups in total. The van der Waals surface area contributed by atoms with Gasteiger partial charge in [0.2, 0.25) is 0 Å². The van der Waals surface area contributed by atoms with Crippen LogP contribution in [0.2, 0.25) is 0 Å². The van der Waals surface area contributed by atoms with Crippen LogP contribution in [0.1, 0.15) is 13.8 Å². The summed E-state index contributed by atoms with van der Waals surface area (Å²) in [6.45, 7) is 4.40. The molecule has 7 heavy (non-hydrogen) atoms. The first-order chi connectivity index (χ1) is 2.41. The molecule has 0 aliphatic carbocycles. The van der Waals surface area contributed by atoms with Gasteiger partial charge in [0.05, 0.1) is 0 Å². The van der Waals surface area contributed by atoms with Gasteiger partial charge >= 0.3 is 0 Å². The van der Waals surface area contributed by atoms with E-state index in [1.807, 2.05) is 0 Å². The van der Waals surface area contributed by atoms with Crippen molar-refractivity contribution >= 4 is 63.1 Å². The molecule has 0 aromatic carbocycles. The SMILES string of the molecule is CC[SH+]CC.[K].[OH-].